The molecule has 1 N–H and O–H groups in total. The zero-order valence-corrected chi connectivity index (χ0v) is 13.1. The number of nitrogens with zero attached hydrogens (tertiary/aromatic N) is 2. The number of carbonyl (C=O) groups is 1. The Hall–Kier alpha value is -1.39. The van der Waals surface area contributed by atoms with Gasteiger partial charge in [-0.25, -0.2) is 0 Å². The second-order valence-corrected chi connectivity index (χ2v) is 5.31. The highest BCUT2D eigenvalue weighted by molar-refractivity contribution is 5.94. The summed E-state index contributed by atoms with van der Waals surface area (Å²) in [5.74, 6) is 0.128. The molecule has 0 atom stereocenters. The molecule has 1 aromatic rings. The first kappa shape index (κ1) is 16.7. The minimum absolute atomic E-state index is 0.128. The van der Waals surface area contributed by atoms with Gasteiger partial charge in [0.25, 0.3) is 0 Å². The van der Waals surface area contributed by atoms with E-state index < -0.39 is 0 Å². The van der Waals surface area contributed by atoms with Crippen LogP contribution in [0.2, 0.25) is 0 Å². The van der Waals surface area contributed by atoms with E-state index in [9.17, 15) is 4.79 Å². The van der Waals surface area contributed by atoms with Crippen LogP contribution in [0.3, 0.4) is 0 Å². The average Bonchev–Trinajstić information content (AvgIpc) is 2.39. The predicted molar refractivity (Wildman–Crippen MR) is 85.2 cm³/mol. The fourth-order valence-corrected chi connectivity index (χ4v) is 2.11. The van der Waals surface area contributed by atoms with Crippen molar-refractivity contribution in [2.75, 3.05) is 45.2 Å². The lowest BCUT2D eigenvalue weighted by molar-refractivity contribution is -0.117. The molecule has 0 aliphatic carbocycles. The maximum Gasteiger partial charge on any atom is 0.240 e. The van der Waals surface area contributed by atoms with Crippen LogP contribution in [0.5, 0.6) is 0 Å². The van der Waals surface area contributed by atoms with E-state index in [0.29, 0.717) is 13.1 Å². The van der Waals surface area contributed by atoms with Crippen molar-refractivity contribution in [3.8, 4) is 0 Å². The molecular formula is C16H27N3O. The fraction of sp³-hybridized carbons (Fsp3) is 0.562. The third-order valence-corrected chi connectivity index (χ3v) is 3.17. The number of amides is 1. The van der Waals surface area contributed by atoms with E-state index in [2.05, 4.69) is 24.3 Å². The van der Waals surface area contributed by atoms with Gasteiger partial charge in [-0.2, -0.15) is 0 Å². The molecule has 4 nitrogen and oxygen atoms in total. The largest absolute Gasteiger partial charge is 0.312 e. The van der Waals surface area contributed by atoms with Gasteiger partial charge < -0.3 is 15.1 Å². The molecule has 0 fully saturated rings. The lowest BCUT2D eigenvalue weighted by Crippen LogP contribution is -2.38. The van der Waals surface area contributed by atoms with Gasteiger partial charge in [0.2, 0.25) is 5.91 Å². The normalized spacial score (nSPS) is 10.8. The maximum absolute atomic E-state index is 12.2. The Labute approximate surface area is 122 Å². The third-order valence-electron chi connectivity index (χ3n) is 3.17. The van der Waals surface area contributed by atoms with Crippen molar-refractivity contribution in [2.24, 2.45) is 0 Å². The number of benzene rings is 1. The van der Waals surface area contributed by atoms with E-state index in [1.54, 1.807) is 0 Å². The lowest BCUT2D eigenvalue weighted by Gasteiger charge is -2.22. The van der Waals surface area contributed by atoms with Crippen LogP contribution in [0, 0.1) is 6.92 Å². The van der Waals surface area contributed by atoms with Crippen LogP contribution in [0.4, 0.5) is 5.69 Å². The molecule has 0 unspecified atom stereocenters. The van der Waals surface area contributed by atoms with E-state index in [-0.39, 0.29) is 5.91 Å². The molecule has 0 saturated heterocycles. The minimum atomic E-state index is 0.128. The Kier molecular flexibility index (Phi) is 7.26. The van der Waals surface area contributed by atoms with E-state index >= 15 is 0 Å². The van der Waals surface area contributed by atoms with Gasteiger partial charge in [-0.15, -0.1) is 0 Å². The van der Waals surface area contributed by atoms with E-state index in [0.717, 1.165) is 25.2 Å². The van der Waals surface area contributed by atoms with Crippen LogP contribution in [-0.4, -0.2) is 51.1 Å². The van der Waals surface area contributed by atoms with Gasteiger partial charge in [0.15, 0.2) is 0 Å². The molecule has 1 aromatic carbocycles. The maximum atomic E-state index is 12.2. The van der Waals surface area contributed by atoms with Crippen molar-refractivity contribution >= 4 is 11.6 Å². The molecule has 0 spiro atoms. The number of aryl methyl sites for hydroxylation is 1. The van der Waals surface area contributed by atoms with Crippen LogP contribution in [-0.2, 0) is 4.79 Å². The van der Waals surface area contributed by atoms with Gasteiger partial charge in [0.1, 0.15) is 0 Å². The number of hydrogen-bond acceptors (Lipinski definition) is 3. The fourth-order valence-electron chi connectivity index (χ4n) is 2.11. The standard InChI is InChI=1S/C16H27N3O/c1-5-19(15-9-6-8-14(2)12-15)16(20)13-17-10-7-11-18(3)4/h6,8-9,12,17H,5,7,10-11,13H2,1-4H3. The van der Waals surface area contributed by atoms with Crippen molar-refractivity contribution < 1.29 is 4.79 Å². The topological polar surface area (TPSA) is 35.6 Å². The first-order valence-corrected chi connectivity index (χ1v) is 7.27. The summed E-state index contributed by atoms with van der Waals surface area (Å²) in [5.41, 5.74) is 2.15. The van der Waals surface area contributed by atoms with E-state index in [1.165, 1.54) is 5.56 Å². The van der Waals surface area contributed by atoms with Crippen molar-refractivity contribution in [1.29, 1.82) is 0 Å². The minimum Gasteiger partial charge on any atom is -0.312 e. The van der Waals surface area contributed by atoms with Gasteiger partial charge >= 0.3 is 0 Å². The summed E-state index contributed by atoms with van der Waals surface area (Å²) < 4.78 is 0. The van der Waals surface area contributed by atoms with Crippen molar-refractivity contribution in [1.82, 2.24) is 10.2 Å². The molecule has 4 heteroatoms. The second kappa shape index (κ2) is 8.72. The quantitative estimate of drug-likeness (QED) is 0.737. The summed E-state index contributed by atoms with van der Waals surface area (Å²) in [5, 5.41) is 3.22. The summed E-state index contributed by atoms with van der Waals surface area (Å²) in [6.45, 7) is 7.05. The summed E-state index contributed by atoms with van der Waals surface area (Å²) in [6.07, 6.45) is 1.05. The van der Waals surface area contributed by atoms with Crippen molar-refractivity contribution in [2.45, 2.75) is 20.3 Å². The highest BCUT2D eigenvalue weighted by Crippen LogP contribution is 2.15. The predicted octanol–water partition coefficient (Wildman–Crippen LogP) is 1.89. The molecule has 0 saturated carbocycles. The summed E-state index contributed by atoms with van der Waals surface area (Å²) in [7, 11) is 4.11. The number of likely N-dealkylation sites (N-methyl/N-ethyl adjacent to an activating group) is 1. The highest BCUT2D eigenvalue weighted by Gasteiger charge is 2.13. The zero-order chi connectivity index (χ0) is 15.0. The molecule has 0 aromatic heterocycles. The van der Waals surface area contributed by atoms with Gasteiger partial charge in [0.05, 0.1) is 6.54 Å². The Bertz CT molecular complexity index is 418. The Balaban J connectivity index is 2.43. The molecule has 1 rings (SSSR count). The molecule has 20 heavy (non-hydrogen) atoms. The number of anilines is 1. The SMILES string of the molecule is CCN(C(=O)CNCCCN(C)C)c1cccc(C)c1. The van der Waals surface area contributed by atoms with Gasteiger partial charge in [0, 0.05) is 12.2 Å². The summed E-state index contributed by atoms with van der Waals surface area (Å²) in [6, 6.07) is 8.07. The molecular weight excluding hydrogens is 250 g/mol. The average molecular weight is 277 g/mol. The van der Waals surface area contributed by atoms with Crippen LogP contribution in [0.1, 0.15) is 18.9 Å². The molecule has 1 amide bonds. The highest BCUT2D eigenvalue weighted by atomic mass is 16.2. The number of rotatable bonds is 8. The Morgan fingerprint density at radius 1 is 1.30 bits per heavy atom. The van der Waals surface area contributed by atoms with Crippen molar-refractivity contribution in [3.05, 3.63) is 29.8 Å². The molecule has 0 heterocycles. The van der Waals surface area contributed by atoms with E-state index in [4.69, 9.17) is 0 Å². The van der Waals surface area contributed by atoms with E-state index in [1.807, 2.05) is 43.0 Å². The monoisotopic (exact) mass is 277 g/mol. The number of hydrogen-bond donors (Lipinski definition) is 1. The van der Waals surface area contributed by atoms with Crippen LogP contribution in [0.25, 0.3) is 0 Å². The summed E-state index contributed by atoms with van der Waals surface area (Å²) >= 11 is 0. The smallest absolute Gasteiger partial charge is 0.240 e. The van der Waals surface area contributed by atoms with Gasteiger partial charge in [-0.3, -0.25) is 4.79 Å². The van der Waals surface area contributed by atoms with Crippen molar-refractivity contribution in [3.63, 3.8) is 0 Å². The lowest BCUT2D eigenvalue weighted by atomic mass is 10.2. The van der Waals surface area contributed by atoms with Gasteiger partial charge in [-0.05, 0) is 65.1 Å². The number of nitrogens with one attached hydrogen (secondary N) is 1. The molecule has 0 aliphatic rings. The summed E-state index contributed by atoms with van der Waals surface area (Å²) in [4.78, 5) is 16.2. The van der Waals surface area contributed by atoms with Crippen LogP contribution in [0.15, 0.2) is 24.3 Å². The Morgan fingerprint density at radius 2 is 2.05 bits per heavy atom. The second-order valence-electron chi connectivity index (χ2n) is 5.31. The van der Waals surface area contributed by atoms with Gasteiger partial charge in [-0.1, -0.05) is 12.1 Å². The number of carbonyl (C=O) groups excluding carboxylic acids is 1. The van der Waals surface area contributed by atoms with Crippen LogP contribution >= 0.6 is 0 Å². The molecule has 0 radical (unpaired) electrons. The first-order chi connectivity index (χ1) is 9.54. The molecule has 112 valence electrons. The third kappa shape index (κ3) is 5.72. The van der Waals surface area contributed by atoms with Crippen LogP contribution < -0.4 is 10.2 Å². The molecule has 0 bridgehead atoms. The Morgan fingerprint density at radius 3 is 2.65 bits per heavy atom. The zero-order valence-electron chi connectivity index (χ0n) is 13.1. The first-order valence-electron chi connectivity index (χ1n) is 7.27. The molecule has 0 aliphatic heterocycles.